The number of aromatic nitrogens is 2. The molecule has 4 aromatic rings. The number of nitro benzene ring substituents is 1. The van der Waals surface area contributed by atoms with Crippen LogP contribution in [0.1, 0.15) is 24.0 Å². The van der Waals surface area contributed by atoms with Gasteiger partial charge in [-0.1, -0.05) is 18.2 Å². The summed E-state index contributed by atoms with van der Waals surface area (Å²) >= 11 is 1.41. The van der Waals surface area contributed by atoms with Crippen molar-refractivity contribution in [3.05, 3.63) is 85.8 Å². The third-order valence-electron chi connectivity index (χ3n) is 5.90. The van der Waals surface area contributed by atoms with E-state index < -0.39 is 10.8 Å². The minimum Gasteiger partial charge on any atom is -0.325 e. The zero-order valence-electron chi connectivity index (χ0n) is 17.6. The number of benzene rings is 2. The smallest absolute Gasteiger partial charge is 0.269 e. The lowest BCUT2D eigenvalue weighted by Crippen LogP contribution is -2.27. The molecule has 0 saturated heterocycles. The Morgan fingerprint density at radius 1 is 1.12 bits per heavy atom. The van der Waals surface area contributed by atoms with Gasteiger partial charge in [0.2, 0.25) is 5.91 Å². The molecule has 2 heterocycles. The molecule has 0 saturated carbocycles. The summed E-state index contributed by atoms with van der Waals surface area (Å²) in [5.74, 6) is -0.419. The van der Waals surface area contributed by atoms with Gasteiger partial charge in [0, 0.05) is 28.8 Å². The second-order valence-electron chi connectivity index (χ2n) is 8.05. The molecule has 1 aliphatic rings. The minimum absolute atomic E-state index is 0.0639. The molecule has 0 spiro atoms. The molecule has 0 bridgehead atoms. The van der Waals surface area contributed by atoms with E-state index in [1.165, 1.54) is 70.5 Å². The molecule has 2 aromatic carbocycles. The number of carbonyl (C=O) groups is 1. The Bertz CT molecular complexity index is 1440. The van der Waals surface area contributed by atoms with Crippen LogP contribution in [0, 0.1) is 10.1 Å². The number of fused-ring (bicyclic) bond motifs is 2. The number of hydrogen-bond acceptors (Lipinski definition) is 6. The zero-order chi connectivity index (χ0) is 22.9. The Morgan fingerprint density at radius 3 is 2.64 bits per heavy atom. The Hall–Kier alpha value is -3.85. The van der Waals surface area contributed by atoms with Gasteiger partial charge in [-0.25, -0.2) is 4.98 Å². The van der Waals surface area contributed by atoms with Crippen LogP contribution in [0.4, 0.5) is 11.4 Å². The summed E-state index contributed by atoms with van der Waals surface area (Å²) in [6.07, 6.45) is 5.92. The number of nitro groups is 1. The van der Waals surface area contributed by atoms with Crippen molar-refractivity contribution in [1.29, 1.82) is 0 Å². The SMILES string of the molecule is O=C(Cn1cnc2scc(-c3ccc4c(c3)CCCC4)c2c1=O)Nc1ccc([N+](=O)[O-])cc1. The van der Waals surface area contributed by atoms with Crippen LogP contribution in [0.5, 0.6) is 0 Å². The van der Waals surface area contributed by atoms with Crippen molar-refractivity contribution in [3.8, 4) is 11.1 Å². The van der Waals surface area contributed by atoms with Gasteiger partial charge in [0.05, 0.1) is 16.6 Å². The molecule has 166 valence electrons. The van der Waals surface area contributed by atoms with Crippen molar-refractivity contribution in [2.24, 2.45) is 0 Å². The average Bonchev–Trinajstić information content (AvgIpc) is 3.26. The van der Waals surface area contributed by atoms with E-state index >= 15 is 0 Å². The molecule has 0 atom stereocenters. The Labute approximate surface area is 192 Å². The topological polar surface area (TPSA) is 107 Å². The fourth-order valence-electron chi connectivity index (χ4n) is 4.22. The van der Waals surface area contributed by atoms with Crippen LogP contribution in [-0.2, 0) is 24.2 Å². The molecule has 33 heavy (non-hydrogen) atoms. The second-order valence-corrected chi connectivity index (χ2v) is 8.91. The number of thiophene rings is 1. The number of aryl methyl sites for hydroxylation is 2. The number of non-ortho nitro benzene ring substituents is 1. The van der Waals surface area contributed by atoms with Gasteiger partial charge in [-0.3, -0.25) is 24.3 Å². The molecular weight excluding hydrogens is 440 g/mol. The van der Waals surface area contributed by atoms with Gasteiger partial charge >= 0.3 is 0 Å². The van der Waals surface area contributed by atoms with Gasteiger partial charge in [-0.2, -0.15) is 0 Å². The van der Waals surface area contributed by atoms with Gasteiger partial charge in [0.1, 0.15) is 11.4 Å². The summed E-state index contributed by atoms with van der Waals surface area (Å²) in [5, 5.41) is 15.9. The lowest BCUT2D eigenvalue weighted by atomic mass is 9.89. The molecule has 0 unspecified atom stereocenters. The Morgan fingerprint density at radius 2 is 1.88 bits per heavy atom. The molecule has 0 radical (unpaired) electrons. The highest BCUT2D eigenvalue weighted by Gasteiger charge is 2.17. The van der Waals surface area contributed by atoms with Gasteiger partial charge < -0.3 is 5.32 Å². The first-order chi connectivity index (χ1) is 16.0. The summed E-state index contributed by atoms with van der Waals surface area (Å²) < 4.78 is 1.29. The van der Waals surface area contributed by atoms with E-state index in [2.05, 4.69) is 28.5 Å². The Kier molecular flexibility index (Phi) is 5.47. The molecule has 1 amide bonds. The van der Waals surface area contributed by atoms with Crippen LogP contribution in [0.25, 0.3) is 21.3 Å². The van der Waals surface area contributed by atoms with Gasteiger partial charge in [0.15, 0.2) is 0 Å². The molecule has 8 nitrogen and oxygen atoms in total. The van der Waals surface area contributed by atoms with Crippen LogP contribution in [-0.4, -0.2) is 20.4 Å². The van der Waals surface area contributed by atoms with Crippen molar-refractivity contribution in [2.45, 2.75) is 32.2 Å². The summed E-state index contributed by atoms with van der Waals surface area (Å²) in [4.78, 5) is 41.1. The summed E-state index contributed by atoms with van der Waals surface area (Å²) in [6, 6.07) is 11.9. The van der Waals surface area contributed by atoms with Crippen molar-refractivity contribution in [2.75, 3.05) is 5.32 Å². The number of rotatable bonds is 5. The first kappa shape index (κ1) is 21.0. The molecule has 0 aliphatic heterocycles. The third kappa shape index (κ3) is 4.14. The first-order valence-corrected chi connectivity index (χ1v) is 11.5. The normalized spacial score (nSPS) is 13.0. The van der Waals surface area contributed by atoms with E-state index in [1.54, 1.807) is 0 Å². The molecular formula is C24H20N4O4S. The van der Waals surface area contributed by atoms with Crippen molar-refractivity contribution >= 4 is 38.8 Å². The van der Waals surface area contributed by atoms with Crippen LogP contribution < -0.4 is 10.9 Å². The first-order valence-electron chi connectivity index (χ1n) is 10.6. The molecule has 5 rings (SSSR count). The van der Waals surface area contributed by atoms with E-state index in [-0.39, 0.29) is 17.8 Å². The average molecular weight is 461 g/mol. The molecule has 0 fully saturated rings. The van der Waals surface area contributed by atoms with Gasteiger partial charge in [-0.15, -0.1) is 11.3 Å². The van der Waals surface area contributed by atoms with E-state index in [4.69, 9.17) is 0 Å². The summed E-state index contributed by atoms with van der Waals surface area (Å²) in [6.45, 7) is -0.210. The number of nitrogens with one attached hydrogen (secondary N) is 1. The van der Waals surface area contributed by atoms with Gasteiger partial charge in [-0.05, 0) is 54.5 Å². The van der Waals surface area contributed by atoms with Crippen molar-refractivity contribution < 1.29 is 9.72 Å². The highest BCUT2D eigenvalue weighted by atomic mass is 32.1. The zero-order valence-corrected chi connectivity index (χ0v) is 18.4. The predicted octanol–water partition coefficient (Wildman–Crippen LogP) is 4.55. The molecule has 1 N–H and O–H groups in total. The number of hydrogen-bond donors (Lipinski definition) is 1. The lowest BCUT2D eigenvalue weighted by Gasteiger charge is -2.16. The van der Waals surface area contributed by atoms with E-state index in [1.807, 2.05) is 5.38 Å². The van der Waals surface area contributed by atoms with Crippen molar-refractivity contribution in [1.82, 2.24) is 9.55 Å². The monoisotopic (exact) mass is 460 g/mol. The van der Waals surface area contributed by atoms with Crippen LogP contribution in [0.3, 0.4) is 0 Å². The maximum Gasteiger partial charge on any atom is 0.269 e. The highest BCUT2D eigenvalue weighted by molar-refractivity contribution is 7.17. The van der Waals surface area contributed by atoms with Crippen LogP contribution >= 0.6 is 11.3 Å². The van der Waals surface area contributed by atoms with E-state index in [0.29, 0.717) is 15.9 Å². The number of nitrogens with zero attached hydrogens (tertiary/aromatic N) is 3. The van der Waals surface area contributed by atoms with Crippen molar-refractivity contribution in [3.63, 3.8) is 0 Å². The third-order valence-corrected chi connectivity index (χ3v) is 6.78. The summed E-state index contributed by atoms with van der Waals surface area (Å²) in [5.41, 5.74) is 4.63. The standard InChI is InChI=1S/C24H20N4O4S/c29-21(26-18-7-9-19(10-8-18)28(31)32)12-27-14-25-23-22(24(27)30)20(13-33-23)17-6-5-15-3-1-2-4-16(15)11-17/h5-11,13-14H,1-4,12H2,(H,26,29). The minimum atomic E-state index is -0.507. The fraction of sp³-hybridized carbons (Fsp3) is 0.208. The summed E-state index contributed by atoms with van der Waals surface area (Å²) in [7, 11) is 0. The maximum absolute atomic E-state index is 13.3. The lowest BCUT2D eigenvalue weighted by molar-refractivity contribution is -0.384. The molecule has 9 heteroatoms. The number of carbonyl (C=O) groups excluding carboxylic acids is 1. The largest absolute Gasteiger partial charge is 0.325 e. The molecule has 1 aliphatic carbocycles. The van der Waals surface area contributed by atoms with Crippen LogP contribution in [0.15, 0.2) is 59.0 Å². The predicted molar refractivity (Wildman–Crippen MR) is 128 cm³/mol. The maximum atomic E-state index is 13.3. The van der Waals surface area contributed by atoms with E-state index in [0.717, 1.165) is 24.0 Å². The van der Waals surface area contributed by atoms with Crippen LogP contribution in [0.2, 0.25) is 0 Å². The number of amides is 1. The van der Waals surface area contributed by atoms with Gasteiger partial charge in [0.25, 0.3) is 11.2 Å². The number of anilines is 1. The highest BCUT2D eigenvalue weighted by Crippen LogP contribution is 2.33. The van der Waals surface area contributed by atoms with E-state index in [9.17, 15) is 19.7 Å². The quantitative estimate of drug-likeness (QED) is 0.347. The second kappa shape index (κ2) is 8.59. The molecule has 2 aromatic heterocycles. The fourth-order valence-corrected chi connectivity index (χ4v) is 5.12. The Balaban J connectivity index is 1.42.